The first-order valence-electron chi connectivity index (χ1n) is 11.0. The Hall–Kier alpha value is -1.65. The van der Waals surface area contributed by atoms with Crippen molar-refractivity contribution in [2.75, 3.05) is 11.5 Å². The van der Waals surface area contributed by atoms with Gasteiger partial charge in [-0.2, -0.15) is 23.5 Å². The van der Waals surface area contributed by atoms with Crippen LogP contribution in [0.3, 0.4) is 0 Å². The molecular formula is C27H37NOS2. The molecule has 0 aromatic heterocycles. The van der Waals surface area contributed by atoms with Gasteiger partial charge < -0.3 is 5.73 Å². The molecule has 0 unspecified atom stereocenters. The second-order valence-corrected chi connectivity index (χ2v) is 12.4. The summed E-state index contributed by atoms with van der Waals surface area (Å²) in [5.41, 5.74) is 8.88. The Kier molecular flexibility index (Phi) is 9.77. The number of allylic oxidation sites excluding steroid dienone is 1. The topological polar surface area (TPSA) is 43.1 Å². The number of hydrogen-bond acceptors (Lipinski definition) is 3. The highest BCUT2D eigenvalue weighted by atomic mass is 32.2. The van der Waals surface area contributed by atoms with Gasteiger partial charge in [-0.15, -0.1) is 0 Å². The maximum Gasteiger partial charge on any atom is 0.244 e. The van der Waals surface area contributed by atoms with E-state index >= 15 is 0 Å². The lowest BCUT2D eigenvalue weighted by Gasteiger charge is -2.27. The largest absolute Gasteiger partial charge is 0.366 e. The Morgan fingerprint density at radius 2 is 1.23 bits per heavy atom. The fourth-order valence-corrected chi connectivity index (χ4v) is 5.99. The quantitative estimate of drug-likeness (QED) is 0.346. The van der Waals surface area contributed by atoms with Gasteiger partial charge in [-0.1, -0.05) is 66.7 Å². The Balaban J connectivity index is 1.96. The summed E-state index contributed by atoms with van der Waals surface area (Å²) in [6.45, 7) is 11.0. The predicted octanol–water partition coefficient (Wildman–Crippen LogP) is 7.15. The van der Waals surface area contributed by atoms with Crippen LogP contribution in [0.1, 0.15) is 58.6 Å². The molecule has 0 aliphatic carbocycles. The van der Waals surface area contributed by atoms with E-state index in [9.17, 15) is 4.79 Å². The van der Waals surface area contributed by atoms with Crippen molar-refractivity contribution in [3.8, 4) is 0 Å². The molecule has 4 heteroatoms. The van der Waals surface area contributed by atoms with Gasteiger partial charge in [-0.3, -0.25) is 4.79 Å². The fraction of sp³-hybridized carbons (Fsp3) is 0.444. The summed E-state index contributed by atoms with van der Waals surface area (Å²) < 4.78 is 0.136. The summed E-state index contributed by atoms with van der Waals surface area (Å²) in [6.07, 6.45) is 4.17. The first-order chi connectivity index (χ1) is 14.6. The van der Waals surface area contributed by atoms with E-state index in [-0.39, 0.29) is 15.4 Å². The van der Waals surface area contributed by atoms with Crippen LogP contribution in [0.4, 0.5) is 0 Å². The molecule has 0 bridgehead atoms. The number of rotatable bonds is 12. The summed E-state index contributed by atoms with van der Waals surface area (Å²) in [6, 6.07) is 21.3. The highest BCUT2D eigenvalue weighted by Crippen LogP contribution is 2.38. The molecule has 2 nitrogen and oxygen atoms in total. The van der Waals surface area contributed by atoms with Crippen LogP contribution in [-0.4, -0.2) is 17.4 Å². The number of primary amides is 1. The van der Waals surface area contributed by atoms with Gasteiger partial charge in [0, 0.05) is 15.1 Å². The minimum atomic E-state index is -0.320. The molecule has 0 fully saturated rings. The smallest absolute Gasteiger partial charge is 0.244 e. The van der Waals surface area contributed by atoms with E-state index in [1.54, 1.807) is 0 Å². The first-order valence-corrected chi connectivity index (χ1v) is 13.0. The molecule has 0 radical (unpaired) electrons. The van der Waals surface area contributed by atoms with Gasteiger partial charge in [0.05, 0.1) is 0 Å². The third-order valence-electron chi connectivity index (χ3n) is 5.72. The highest BCUT2D eigenvalue weighted by Gasteiger charge is 2.23. The molecule has 1 amide bonds. The van der Waals surface area contributed by atoms with Crippen LogP contribution in [-0.2, 0) is 14.3 Å². The molecule has 2 rings (SSSR count). The fourth-order valence-electron chi connectivity index (χ4n) is 3.52. The van der Waals surface area contributed by atoms with E-state index in [1.165, 1.54) is 11.1 Å². The highest BCUT2D eigenvalue weighted by molar-refractivity contribution is 8.00. The standard InChI is InChI=1S/C27H37NOS2/c1-21(25(28)29)20-22(16-18-30-26(2,3)23-12-8-6-9-13-23)17-19-31-27(4,5)24-14-10-7-11-15-24/h6-15,20,22H,16-19H2,1-5H3,(H2,28,29). The van der Waals surface area contributed by atoms with Crippen molar-refractivity contribution in [2.45, 2.75) is 57.0 Å². The van der Waals surface area contributed by atoms with Gasteiger partial charge in [-0.25, -0.2) is 0 Å². The summed E-state index contributed by atoms with van der Waals surface area (Å²) in [5, 5.41) is 0. The van der Waals surface area contributed by atoms with Crippen LogP contribution in [0.5, 0.6) is 0 Å². The minimum absolute atomic E-state index is 0.0678. The molecule has 168 valence electrons. The average Bonchev–Trinajstić information content (AvgIpc) is 2.74. The molecule has 0 atom stereocenters. The lowest BCUT2D eigenvalue weighted by atomic mass is 10.00. The Morgan fingerprint density at radius 1 is 0.839 bits per heavy atom. The first kappa shape index (κ1) is 25.6. The number of carbonyl (C=O) groups is 1. The lowest BCUT2D eigenvalue weighted by molar-refractivity contribution is -0.114. The Morgan fingerprint density at radius 3 is 1.58 bits per heavy atom. The maximum atomic E-state index is 11.6. The van der Waals surface area contributed by atoms with Crippen molar-refractivity contribution in [3.05, 3.63) is 83.4 Å². The zero-order chi connectivity index (χ0) is 22.9. The molecule has 2 aromatic rings. The molecule has 0 heterocycles. The van der Waals surface area contributed by atoms with Gasteiger partial charge in [0.25, 0.3) is 0 Å². The summed E-state index contributed by atoms with van der Waals surface area (Å²) in [4.78, 5) is 11.6. The van der Waals surface area contributed by atoms with Gasteiger partial charge in [0.2, 0.25) is 5.91 Å². The zero-order valence-corrected chi connectivity index (χ0v) is 21.2. The summed E-state index contributed by atoms with van der Waals surface area (Å²) >= 11 is 3.96. The molecule has 0 aliphatic heterocycles. The van der Waals surface area contributed by atoms with Gasteiger partial charge in [0.1, 0.15) is 0 Å². The van der Waals surface area contributed by atoms with Crippen molar-refractivity contribution in [1.29, 1.82) is 0 Å². The van der Waals surface area contributed by atoms with E-state index in [4.69, 9.17) is 5.73 Å². The monoisotopic (exact) mass is 455 g/mol. The summed E-state index contributed by atoms with van der Waals surface area (Å²) in [7, 11) is 0. The zero-order valence-electron chi connectivity index (χ0n) is 19.6. The number of carbonyl (C=O) groups excluding carboxylic acids is 1. The second kappa shape index (κ2) is 11.8. The van der Waals surface area contributed by atoms with E-state index in [0.717, 1.165) is 24.3 Å². The van der Waals surface area contributed by atoms with E-state index in [0.29, 0.717) is 11.5 Å². The SMILES string of the molecule is CC(=CC(CCSC(C)(C)c1ccccc1)CCSC(C)(C)c1ccccc1)C(N)=O. The number of thioether (sulfide) groups is 2. The third kappa shape index (κ3) is 8.42. The molecule has 0 spiro atoms. The van der Waals surface area contributed by atoms with Crippen LogP contribution >= 0.6 is 23.5 Å². The number of benzene rings is 2. The van der Waals surface area contributed by atoms with E-state index in [2.05, 4.69) is 94.4 Å². The molecule has 0 saturated carbocycles. The lowest BCUT2D eigenvalue weighted by Crippen LogP contribution is -2.16. The molecule has 0 aliphatic rings. The number of hydrogen-bond donors (Lipinski definition) is 1. The van der Waals surface area contributed by atoms with Crippen molar-refractivity contribution < 1.29 is 4.79 Å². The molecule has 2 aromatic carbocycles. The van der Waals surface area contributed by atoms with Crippen molar-refractivity contribution in [1.82, 2.24) is 0 Å². The Labute approximate surface area is 197 Å². The van der Waals surface area contributed by atoms with E-state index < -0.39 is 0 Å². The van der Waals surface area contributed by atoms with Crippen molar-refractivity contribution in [3.63, 3.8) is 0 Å². The maximum absolute atomic E-state index is 11.6. The van der Waals surface area contributed by atoms with Crippen LogP contribution < -0.4 is 5.73 Å². The predicted molar refractivity (Wildman–Crippen MR) is 140 cm³/mol. The van der Waals surface area contributed by atoms with Crippen molar-refractivity contribution in [2.24, 2.45) is 11.7 Å². The van der Waals surface area contributed by atoms with Gasteiger partial charge in [-0.05, 0) is 76.0 Å². The normalized spacial score (nSPS) is 12.9. The van der Waals surface area contributed by atoms with Gasteiger partial charge >= 0.3 is 0 Å². The van der Waals surface area contributed by atoms with Crippen molar-refractivity contribution >= 4 is 29.4 Å². The number of amides is 1. The average molecular weight is 456 g/mol. The third-order valence-corrected chi connectivity index (χ3v) is 8.51. The number of nitrogens with two attached hydrogens (primary N) is 1. The Bertz CT molecular complexity index is 787. The second-order valence-electron chi connectivity index (χ2n) is 9.00. The molecular weight excluding hydrogens is 418 g/mol. The van der Waals surface area contributed by atoms with Gasteiger partial charge in [0.15, 0.2) is 0 Å². The molecule has 2 N–H and O–H groups in total. The van der Waals surface area contributed by atoms with Crippen LogP contribution in [0.15, 0.2) is 72.3 Å². The van der Waals surface area contributed by atoms with Crippen LogP contribution in [0.2, 0.25) is 0 Å². The minimum Gasteiger partial charge on any atom is -0.366 e. The van der Waals surface area contributed by atoms with E-state index in [1.807, 2.05) is 30.4 Å². The summed E-state index contributed by atoms with van der Waals surface area (Å²) in [5.74, 6) is 2.12. The van der Waals surface area contributed by atoms with Crippen LogP contribution in [0, 0.1) is 5.92 Å². The van der Waals surface area contributed by atoms with Crippen LogP contribution in [0.25, 0.3) is 0 Å². The molecule has 0 saturated heterocycles. The molecule has 31 heavy (non-hydrogen) atoms.